The monoisotopic (exact) mass is 399 g/mol. The summed E-state index contributed by atoms with van der Waals surface area (Å²) in [5, 5.41) is 1.20. The lowest BCUT2D eigenvalue weighted by Crippen LogP contribution is -2.57. The molecule has 0 saturated carbocycles. The zero-order valence-electron chi connectivity index (χ0n) is 15.0. The van der Waals surface area contributed by atoms with Crippen LogP contribution in [0, 0.1) is 0 Å². The highest BCUT2D eigenvalue weighted by atomic mass is 32.1. The first-order valence-corrected chi connectivity index (χ1v) is 9.80. The number of nitrogens with zero attached hydrogens (tertiary/aromatic N) is 2. The molecule has 7 heteroatoms. The Bertz CT molecular complexity index is 967. The Hall–Kier alpha value is -2.25. The van der Waals surface area contributed by atoms with Gasteiger partial charge in [0.05, 0.1) is 12.3 Å². The third kappa shape index (κ3) is 3.37. The Balaban J connectivity index is 1.64. The molecule has 2 unspecified atom stereocenters. The van der Waals surface area contributed by atoms with Crippen LogP contribution in [-0.4, -0.2) is 50.7 Å². The van der Waals surface area contributed by atoms with E-state index in [4.69, 9.17) is 16.6 Å². The van der Waals surface area contributed by atoms with Crippen molar-refractivity contribution in [2.45, 2.75) is 18.9 Å². The highest BCUT2D eigenvalue weighted by Crippen LogP contribution is 2.32. The van der Waals surface area contributed by atoms with Crippen molar-refractivity contribution in [2.24, 2.45) is 0 Å². The van der Waals surface area contributed by atoms with Gasteiger partial charge in [-0.1, -0.05) is 37.3 Å². The van der Waals surface area contributed by atoms with Crippen LogP contribution in [0.3, 0.4) is 0 Å². The molecule has 1 N–H and O–H groups in total. The third-order valence-electron chi connectivity index (χ3n) is 5.37. The third-order valence-corrected chi connectivity index (χ3v) is 5.86. The molecule has 3 heterocycles. The quantitative estimate of drug-likeness (QED) is 0.518. The maximum atomic E-state index is 12.8. The SMILES string of the molecule is CC(c1c[nH]c2ccccc12)C1CN(C(=O)c2ccco2)CCN1C(=S)S. The number of fused-ring (bicyclic) bond motifs is 1. The molecule has 0 spiro atoms. The average molecular weight is 400 g/mol. The van der Waals surface area contributed by atoms with Crippen molar-refractivity contribution < 1.29 is 9.21 Å². The van der Waals surface area contributed by atoms with Gasteiger partial charge in [-0.15, -0.1) is 12.6 Å². The molecule has 5 nitrogen and oxygen atoms in total. The molecule has 0 aliphatic carbocycles. The number of nitrogens with one attached hydrogen (secondary N) is 1. The number of rotatable bonds is 3. The Labute approximate surface area is 168 Å². The van der Waals surface area contributed by atoms with Gasteiger partial charge in [0, 0.05) is 42.7 Å². The normalized spacial score (nSPS) is 18.7. The number of carbonyl (C=O) groups excluding carboxylic acids is 1. The lowest BCUT2D eigenvalue weighted by atomic mass is 9.90. The summed E-state index contributed by atoms with van der Waals surface area (Å²) in [4.78, 5) is 20.1. The van der Waals surface area contributed by atoms with E-state index in [0.717, 1.165) is 5.52 Å². The molecular formula is C20H21N3O2S2. The van der Waals surface area contributed by atoms with Crippen LogP contribution in [-0.2, 0) is 0 Å². The Morgan fingerprint density at radius 3 is 2.85 bits per heavy atom. The van der Waals surface area contributed by atoms with Crippen molar-refractivity contribution in [3.05, 3.63) is 60.2 Å². The van der Waals surface area contributed by atoms with Gasteiger partial charge >= 0.3 is 0 Å². The predicted octanol–water partition coefficient (Wildman–Crippen LogP) is 3.91. The lowest BCUT2D eigenvalue weighted by Gasteiger charge is -2.44. The first-order chi connectivity index (χ1) is 13.1. The zero-order chi connectivity index (χ0) is 19.0. The second kappa shape index (κ2) is 7.40. The minimum atomic E-state index is -0.0825. The maximum Gasteiger partial charge on any atom is 0.289 e. The number of hydrogen-bond acceptors (Lipinski definition) is 3. The molecule has 2 aromatic heterocycles. The summed E-state index contributed by atoms with van der Waals surface area (Å²) in [5.74, 6) is 0.453. The van der Waals surface area contributed by atoms with Crippen LogP contribution in [0.15, 0.2) is 53.3 Å². The van der Waals surface area contributed by atoms with Crippen LogP contribution in [0.2, 0.25) is 0 Å². The van der Waals surface area contributed by atoms with Crippen LogP contribution >= 0.6 is 24.8 Å². The van der Waals surface area contributed by atoms with E-state index in [1.807, 2.05) is 17.0 Å². The molecule has 1 fully saturated rings. The highest BCUT2D eigenvalue weighted by molar-refractivity contribution is 8.10. The van der Waals surface area contributed by atoms with Gasteiger partial charge in [0.2, 0.25) is 0 Å². The van der Waals surface area contributed by atoms with Crippen LogP contribution < -0.4 is 0 Å². The summed E-state index contributed by atoms with van der Waals surface area (Å²) < 4.78 is 5.86. The topological polar surface area (TPSA) is 52.5 Å². The number of hydrogen-bond donors (Lipinski definition) is 2. The van der Waals surface area contributed by atoms with E-state index in [2.05, 4.69) is 47.8 Å². The Morgan fingerprint density at radius 1 is 1.30 bits per heavy atom. The van der Waals surface area contributed by atoms with Crippen LogP contribution in [0.1, 0.15) is 29.0 Å². The molecular weight excluding hydrogens is 378 g/mol. The van der Waals surface area contributed by atoms with E-state index in [1.165, 1.54) is 17.2 Å². The number of H-pyrrole nitrogens is 1. The molecule has 1 aliphatic heterocycles. The van der Waals surface area contributed by atoms with Crippen molar-refractivity contribution in [2.75, 3.05) is 19.6 Å². The highest BCUT2D eigenvalue weighted by Gasteiger charge is 2.35. The van der Waals surface area contributed by atoms with Crippen LogP contribution in [0.5, 0.6) is 0 Å². The van der Waals surface area contributed by atoms with Gasteiger partial charge in [0.1, 0.15) is 4.32 Å². The van der Waals surface area contributed by atoms with E-state index < -0.39 is 0 Å². The van der Waals surface area contributed by atoms with E-state index in [9.17, 15) is 4.79 Å². The molecule has 0 radical (unpaired) electrons. The van der Waals surface area contributed by atoms with E-state index in [0.29, 0.717) is 29.7 Å². The number of aromatic amines is 1. The van der Waals surface area contributed by atoms with E-state index >= 15 is 0 Å². The molecule has 0 bridgehead atoms. The van der Waals surface area contributed by atoms with Gasteiger partial charge in [-0.05, 0) is 23.8 Å². The van der Waals surface area contributed by atoms with Crippen LogP contribution in [0.4, 0.5) is 0 Å². The predicted molar refractivity (Wildman–Crippen MR) is 113 cm³/mol. The number of thiol groups is 1. The molecule has 140 valence electrons. The molecule has 27 heavy (non-hydrogen) atoms. The lowest BCUT2D eigenvalue weighted by molar-refractivity contribution is 0.0568. The number of amides is 1. The Kier molecular flexibility index (Phi) is 4.97. The standard InChI is InChI=1S/C20H21N3O2S2/c1-13(15-11-21-16-6-3-2-5-14(15)16)17-12-22(8-9-23(17)20(26)27)19(24)18-7-4-10-25-18/h2-7,10-11,13,17,21H,8-9,12H2,1H3,(H,26,27). The average Bonchev–Trinajstić information content (AvgIpc) is 3.36. The first-order valence-electron chi connectivity index (χ1n) is 8.94. The molecule has 1 amide bonds. The molecule has 4 rings (SSSR count). The number of carbonyl (C=O) groups is 1. The van der Waals surface area contributed by atoms with Crippen molar-refractivity contribution >= 4 is 46.0 Å². The summed E-state index contributed by atoms with van der Waals surface area (Å²) >= 11 is 9.82. The fraction of sp³-hybridized carbons (Fsp3) is 0.300. The molecule has 1 aliphatic rings. The van der Waals surface area contributed by atoms with Crippen LogP contribution in [0.25, 0.3) is 10.9 Å². The van der Waals surface area contributed by atoms with E-state index in [-0.39, 0.29) is 17.9 Å². The number of benzene rings is 1. The van der Waals surface area contributed by atoms with Crippen molar-refractivity contribution in [3.63, 3.8) is 0 Å². The smallest absolute Gasteiger partial charge is 0.289 e. The minimum absolute atomic E-state index is 0.0434. The molecule has 2 atom stereocenters. The zero-order valence-corrected chi connectivity index (χ0v) is 16.7. The summed E-state index contributed by atoms with van der Waals surface area (Å²) in [6.07, 6.45) is 3.58. The number of thiocarbonyl (C=S) groups is 1. The first kappa shape index (κ1) is 18.1. The number of furan rings is 1. The second-order valence-corrected chi connectivity index (χ2v) is 7.96. The Morgan fingerprint density at radius 2 is 2.11 bits per heavy atom. The van der Waals surface area contributed by atoms with E-state index in [1.54, 1.807) is 12.1 Å². The fourth-order valence-corrected chi connectivity index (χ4v) is 4.37. The summed E-state index contributed by atoms with van der Waals surface area (Å²) in [6, 6.07) is 11.7. The number of aromatic nitrogens is 1. The number of piperazine rings is 1. The maximum absolute atomic E-state index is 12.8. The summed E-state index contributed by atoms with van der Waals surface area (Å²) in [7, 11) is 0. The summed E-state index contributed by atoms with van der Waals surface area (Å²) in [5.41, 5.74) is 2.33. The van der Waals surface area contributed by atoms with Gasteiger partial charge < -0.3 is 19.2 Å². The minimum Gasteiger partial charge on any atom is -0.459 e. The van der Waals surface area contributed by atoms with Crippen molar-refractivity contribution in [3.8, 4) is 0 Å². The molecule has 3 aromatic rings. The van der Waals surface area contributed by atoms with Crippen molar-refractivity contribution in [1.29, 1.82) is 0 Å². The van der Waals surface area contributed by atoms with Gasteiger partial charge in [-0.2, -0.15) is 0 Å². The fourth-order valence-electron chi connectivity index (χ4n) is 3.89. The number of para-hydroxylation sites is 1. The van der Waals surface area contributed by atoms with Gasteiger partial charge in [-0.25, -0.2) is 0 Å². The van der Waals surface area contributed by atoms with Gasteiger partial charge in [0.15, 0.2) is 5.76 Å². The summed E-state index contributed by atoms with van der Waals surface area (Å²) in [6.45, 7) is 4.00. The second-order valence-electron chi connectivity index (χ2n) is 6.85. The van der Waals surface area contributed by atoms with Gasteiger partial charge in [0.25, 0.3) is 5.91 Å². The molecule has 1 aromatic carbocycles. The van der Waals surface area contributed by atoms with Gasteiger partial charge in [-0.3, -0.25) is 4.79 Å². The molecule has 1 saturated heterocycles. The van der Waals surface area contributed by atoms with Crippen molar-refractivity contribution in [1.82, 2.24) is 14.8 Å². The largest absolute Gasteiger partial charge is 0.459 e.